The molecule has 0 aliphatic carbocycles. The second-order valence-corrected chi connectivity index (χ2v) is 8.37. The Morgan fingerprint density at radius 1 is 1.23 bits per heavy atom. The van der Waals surface area contributed by atoms with Gasteiger partial charge in [-0.3, -0.25) is 9.48 Å². The molecule has 2 aromatic carbocycles. The van der Waals surface area contributed by atoms with Gasteiger partial charge in [-0.1, -0.05) is 11.6 Å². The normalized spacial score (nSPS) is 14.5. The quantitative estimate of drug-likeness (QED) is 0.550. The minimum atomic E-state index is -0.755. The molecular formula is C24H19ClFN7O2. The third-order valence-corrected chi connectivity index (χ3v) is 6.00. The van der Waals surface area contributed by atoms with Crippen LogP contribution >= 0.6 is 11.6 Å². The van der Waals surface area contributed by atoms with Crippen molar-refractivity contribution in [2.45, 2.75) is 25.4 Å². The minimum Gasteiger partial charge on any atom is -0.365 e. The summed E-state index contributed by atoms with van der Waals surface area (Å²) < 4.78 is 15.3. The van der Waals surface area contributed by atoms with E-state index in [-0.39, 0.29) is 35.8 Å². The summed E-state index contributed by atoms with van der Waals surface area (Å²) >= 11 is 5.94. The van der Waals surface area contributed by atoms with Crippen LogP contribution in [0.2, 0.25) is 5.02 Å². The van der Waals surface area contributed by atoms with Crippen molar-refractivity contribution in [3.05, 3.63) is 70.1 Å². The number of nitrogens with two attached hydrogens (primary N) is 1. The number of urea groups is 1. The lowest BCUT2D eigenvalue weighted by Crippen LogP contribution is -2.44. The van der Waals surface area contributed by atoms with Crippen molar-refractivity contribution in [1.29, 1.82) is 10.5 Å². The molecule has 0 saturated heterocycles. The molecular weight excluding hydrogens is 473 g/mol. The average molecular weight is 492 g/mol. The number of nitrogens with one attached hydrogen (secondary N) is 1. The maximum absolute atomic E-state index is 13.7. The second-order valence-electron chi connectivity index (χ2n) is 7.96. The van der Waals surface area contributed by atoms with Gasteiger partial charge < -0.3 is 16.0 Å². The van der Waals surface area contributed by atoms with Gasteiger partial charge in [0, 0.05) is 24.2 Å². The maximum Gasteiger partial charge on any atom is 0.322 e. The van der Waals surface area contributed by atoms with E-state index in [1.807, 2.05) is 6.07 Å². The lowest BCUT2D eigenvalue weighted by molar-refractivity contribution is 0.0996. The number of nitrogens with zero attached hydrogens (tertiary/aromatic N) is 5. The number of primary amides is 1. The van der Waals surface area contributed by atoms with Gasteiger partial charge >= 0.3 is 6.03 Å². The number of benzene rings is 2. The van der Waals surface area contributed by atoms with Crippen molar-refractivity contribution in [2.75, 3.05) is 11.9 Å². The van der Waals surface area contributed by atoms with E-state index in [1.54, 1.807) is 28.9 Å². The molecule has 1 aliphatic rings. The Hall–Kier alpha value is -4.41. The number of anilines is 1. The summed E-state index contributed by atoms with van der Waals surface area (Å²) in [7, 11) is 0. The predicted octanol–water partition coefficient (Wildman–Crippen LogP) is 4.21. The fraction of sp³-hybridized carbons (Fsp3) is 0.208. The van der Waals surface area contributed by atoms with Crippen LogP contribution in [-0.2, 0) is 6.54 Å². The van der Waals surface area contributed by atoms with E-state index in [4.69, 9.17) is 27.9 Å². The first-order valence-electron chi connectivity index (χ1n) is 10.6. The van der Waals surface area contributed by atoms with E-state index < -0.39 is 23.8 Å². The Labute approximate surface area is 205 Å². The molecule has 0 saturated carbocycles. The number of amides is 3. The van der Waals surface area contributed by atoms with Gasteiger partial charge in [-0.25, -0.2) is 9.18 Å². The average Bonchev–Trinajstić information content (AvgIpc) is 3.24. The van der Waals surface area contributed by atoms with Crippen LogP contribution in [0.3, 0.4) is 0 Å². The van der Waals surface area contributed by atoms with E-state index in [2.05, 4.69) is 16.5 Å². The molecule has 35 heavy (non-hydrogen) atoms. The van der Waals surface area contributed by atoms with Gasteiger partial charge in [-0.05, 0) is 48.9 Å². The molecule has 0 bridgehead atoms. The minimum absolute atomic E-state index is 0.0331. The topological polar surface area (TPSA) is 141 Å². The van der Waals surface area contributed by atoms with Crippen molar-refractivity contribution < 1.29 is 14.0 Å². The van der Waals surface area contributed by atoms with Gasteiger partial charge in [0.05, 0.1) is 46.6 Å². The van der Waals surface area contributed by atoms with Crippen molar-refractivity contribution in [3.63, 3.8) is 0 Å². The summed E-state index contributed by atoms with van der Waals surface area (Å²) in [5, 5.41) is 25.3. The van der Waals surface area contributed by atoms with E-state index in [9.17, 15) is 14.0 Å². The van der Waals surface area contributed by atoms with Gasteiger partial charge in [0.25, 0.3) is 5.91 Å². The van der Waals surface area contributed by atoms with Gasteiger partial charge in [-0.2, -0.15) is 15.6 Å². The fourth-order valence-corrected chi connectivity index (χ4v) is 4.21. The van der Waals surface area contributed by atoms with Crippen LogP contribution in [0.1, 0.15) is 40.5 Å². The zero-order valence-corrected chi connectivity index (χ0v) is 19.1. The van der Waals surface area contributed by atoms with E-state index in [0.717, 1.165) is 0 Å². The third kappa shape index (κ3) is 4.79. The number of nitriles is 2. The highest BCUT2D eigenvalue weighted by Gasteiger charge is 2.34. The highest BCUT2D eigenvalue weighted by molar-refractivity contribution is 6.31. The molecule has 0 fully saturated rings. The number of fused-ring (bicyclic) bond motifs is 1. The second kappa shape index (κ2) is 9.84. The molecule has 0 unspecified atom stereocenters. The van der Waals surface area contributed by atoms with Crippen LogP contribution in [0.4, 0.5) is 14.9 Å². The summed E-state index contributed by atoms with van der Waals surface area (Å²) in [5.74, 6) is -1.37. The Balaban J connectivity index is 1.72. The zero-order chi connectivity index (χ0) is 25.1. The van der Waals surface area contributed by atoms with Gasteiger partial charge in [-0.15, -0.1) is 0 Å². The number of rotatable bonds is 5. The lowest BCUT2D eigenvalue weighted by Gasteiger charge is -2.34. The SMILES string of the molecule is N#CCC[C@@H]1CN(C(=O)Nc2ccc(C#N)cc2)Cc2c(C(N)=O)c(-c3ccc(F)c(Cl)c3)nn21. The molecule has 11 heteroatoms. The fourth-order valence-electron chi connectivity index (χ4n) is 4.03. The molecule has 0 radical (unpaired) electrons. The molecule has 1 atom stereocenters. The Kier molecular flexibility index (Phi) is 6.67. The first kappa shape index (κ1) is 23.7. The maximum atomic E-state index is 13.7. The van der Waals surface area contributed by atoms with E-state index in [1.165, 1.54) is 23.1 Å². The Bertz CT molecular complexity index is 1390. The summed E-state index contributed by atoms with van der Waals surface area (Å²) in [4.78, 5) is 27.1. The predicted molar refractivity (Wildman–Crippen MR) is 126 cm³/mol. The molecule has 4 rings (SSSR count). The molecule has 9 nitrogen and oxygen atoms in total. The molecule has 3 aromatic rings. The smallest absolute Gasteiger partial charge is 0.322 e. The number of hydrogen-bond acceptors (Lipinski definition) is 5. The van der Waals surface area contributed by atoms with Crippen molar-refractivity contribution in [3.8, 4) is 23.4 Å². The number of halogens is 2. The Morgan fingerprint density at radius 3 is 2.60 bits per heavy atom. The van der Waals surface area contributed by atoms with Crippen molar-refractivity contribution in [2.24, 2.45) is 5.73 Å². The largest absolute Gasteiger partial charge is 0.365 e. The monoisotopic (exact) mass is 491 g/mol. The first-order valence-corrected chi connectivity index (χ1v) is 11.0. The number of aromatic nitrogens is 2. The van der Waals surface area contributed by atoms with E-state index >= 15 is 0 Å². The van der Waals surface area contributed by atoms with Gasteiger partial charge in [0.1, 0.15) is 11.5 Å². The molecule has 1 aliphatic heterocycles. The summed E-state index contributed by atoms with van der Waals surface area (Å²) in [5.41, 5.74) is 7.81. The molecule has 3 amide bonds. The summed E-state index contributed by atoms with van der Waals surface area (Å²) in [6.45, 7) is 0.269. The standard InChI is InChI=1S/C24H19ClFN7O2/c25-18-10-15(5-8-19(18)26)22-21(23(29)34)20-13-32(12-17(2-1-9-27)33(20)31-22)24(35)30-16-6-3-14(11-28)4-7-16/h3-8,10,17H,1-2,12-13H2,(H2,29,34)(H,30,35)/t17-/m1/s1. The third-order valence-electron chi connectivity index (χ3n) is 5.71. The van der Waals surface area contributed by atoms with Crippen LogP contribution in [0.25, 0.3) is 11.3 Å². The molecule has 0 spiro atoms. The van der Waals surface area contributed by atoms with Crippen LogP contribution in [0.5, 0.6) is 0 Å². The van der Waals surface area contributed by atoms with Crippen LogP contribution in [0, 0.1) is 28.5 Å². The summed E-state index contributed by atoms with van der Waals surface area (Å²) in [6.07, 6.45) is 0.590. The molecule has 176 valence electrons. The van der Waals surface area contributed by atoms with E-state index in [0.29, 0.717) is 28.9 Å². The first-order chi connectivity index (χ1) is 16.8. The molecule has 1 aromatic heterocycles. The van der Waals surface area contributed by atoms with Crippen LogP contribution in [-0.4, -0.2) is 33.2 Å². The number of carbonyl (C=O) groups excluding carboxylic acids is 2. The zero-order valence-electron chi connectivity index (χ0n) is 18.3. The summed E-state index contributed by atoms with van der Waals surface area (Å²) in [6, 6.07) is 13.7. The number of hydrogen-bond donors (Lipinski definition) is 2. The van der Waals surface area contributed by atoms with Crippen molar-refractivity contribution >= 4 is 29.2 Å². The Morgan fingerprint density at radius 2 is 1.97 bits per heavy atom. The van der Waals surface area contributed by atoms with Crippen LogP contribution in [0.15, 0.2) is 42.5 Å². The van der Waals surface area contributed by atoms with Crippen molar-refractivity contribution in [1.82, 2.24) is 14.7 Å². The highest BCUT2D eigenvalue weighted by Crippen LogP contribution is 2.34. The lowest BCUT2D eigenvalue weighted by atomic mass is 10.0. The highest BCUT2D eigenvalue weighted by atomic mass is 35.5. The number of carbonyl (C=O) groups is 2. The van der Waals surface area contributed by atoms with Gasteiger partial charge in [0.2, 0.25) is 0 Å². The molecule has 3 N–H and O–H groups in total. The van der Waals surface area contributed by atoms with Gasteiger partial charge in [0.15, 0.2) is 0 Å². The molecule has 2 heterocycles. The van der Waals surface area contributed by atoms with Crippen LogP contribution < -0.4 is 11.1 Å².